The molecule has 1 heterocycles. The van der Waals surface area contributed by atoms with Gasteiger partial charge in [0.15, 0.2) is 11.9 Å². The molecule has 4 rings (SSSR count). The number of phenols is 1. The molecule has 2 aromatic rings. The Morgan fingerprint density at radius 2 is 1.82 bits per heavy atom. The van der Waals surface area contributed by atoms with E-state index in [9.17, 15) is 39.9 Å². The zero-order valence-electron chi connectivity index (χ0n) is 20.6. The van der Waals surface area contributed by atoms with E-state index in [2.05, 4.69) is 0 Å². The van der Waals surface area contributed by atoms with Crippen molar-refractivity contribution in [2.24, 2.45) is 0 Å². The molecule has 1 saturated heterocycles. The first-order chi connectivity index (χ1) is 18.6. The minimum atomic E-state index is -2.43. The Kier molecular flexibility index (Phi) is 8.63. The molecular formula is C27H28O12. The van der Waals surface area contributed by atoms with Crippen molar-refractivity contribution in [3.8, 4) is 11.5 Å². The molecule has 1 unspecified atom stereocenters. The Bertz CT molecular complexity index is 1230. The molecule has 5 N–H and O–H groups in total. The van der Waals surface area contributed by atoms with Gasteiger partial charge in [0.2, 0.25) is 11.9 Å². The standard InChI is InChI=1S/C27H28O12/c28-13-19-23(39-24(33)15-6-2-1-3-7-15)21(31)22(32)25(38-19)37-18-10-9-17(29)12-16(18)14-36-26(34)27(35)11-5-4-8-20(27)30/h1-3,5-7,9-12,19,21-23,25,28-29,31-32,35H,4,8,13-14H2/t19-,21-,22-,23-,25-,27?/m1/s1. The van der Waals surface area contributed by atoms with Crippen LogP contribution < -0.4 is 4.74 Å². The molecule has 0 radical (unpaired) electrons. The highest BCUT2D eigenvalue weighted by Gasteiger charge is 2.48. The topological polar surface area (TPSA) is 189 Å². The fourth-order valence-electron chi connectivity index (χ4n) is 4.17. The van der Waals surface area contributed by atoms with Crippen LogP contribution in [0.15, 0.2) is 60.7 Å². The first-order valence-corrected chi connectivity index (χ1v) is 12.1. The number of aromatic hydroxyl groups is 1. The zero-order valence-corrected chi connectivity index (χ0v) is 20.6. The smallest absolute Gasteiger partial charge is 0.350 e. The summed E-state index contributed by atoms with van der Waals surface area (Å²) in [5, 5.41) is 51.5. The number of esters is 2. The maximum absolute atomic E-state index is 12.5. The van der Waals surface area contributed by atoms with Crippen LogP contribution in [-0.4, -0.2) is 86.2 Å². The highest BCUT2D eigenvalue weighted by molar-refractivity contribution is 6.09. The van der Waals surface area contributed by atoms with Gasteiger partial charge in [-0.2, -0.15) is 0 Å². The summed E-state index contributed by atoms with van der Waals surface area (Å²) in [5.74, 6) is -3.01. The summed E-state index contributed by atoms with van der Waals surface area (Å²) in [7, 11) is 0. The van der Waals surface area contributed by atoms with Crippen molar-refractivity contribution in [3.05, 3.63) is 71.8 Å². The normalized spacial score (nSPS) is 28.5. The molecule has 0 amide bonds. The van der Waals surface area contributed by atoms with Crippen molar-refractivity contribution in [3.63, 3.8) is 0 Å². The SMILES string of the molecule is O=C(O[C@H]1[C@H](O)[C@@H](O)[C@H](Oc2ccc(O)cc2COC(=O)C2(O)C=CCCC2=O)O[C@@H]1CO)c1ccccc1. The number of allylic oxidation sites excluding steroid dienone is 1. The Labute approximate surface area is 222 Å². The van der Waals surface area contributed by atoms with Gasteiger partial charge in [-0.3, -0.25) is 4.79 Å². The first-order valence-electron chi connectivity index (χ1n) is 12.1. The number of benzene rings is 2. The van der Waals surface area contributed by atoms with Crippen LogP contribution >= 0.6 is 0 Å². The third-order valence-electron chi connectivity index (χ3n) is 6.35. The molecule has 6 atom stereocenters. The van der Waals surface area contributed by atoms with Crippen LogP contribution in [0.1, 0.15) is 28.8 Å². The van der Waals surface area contributed by atoms with Gasteiger partial charge in [0.1, 0.15) is 36.4 Å². The average molecular weight is 545 g/mol. The van der Waals surface area contributed by atoms with Gasteiger partial charge in [0.05, 0.1) is 12.2 Å². The third-order valence-corrected chi connectivity index (χ3v) is 6.35. The maximum Gasteiger partial charge on any atom is 0.350 e. The van der Waals surface area contributed by atoms with E-state index in [0.717, 1.165) is 6.08 Å². The maximum atomic E-state index is 12.5. The summed E-state index contributed by atoms with van der Waals surface area (Å²) in [6, 6.07) is 11.6. The third kappa shape index (κ3) is 6.10. The van der Waals surface area contributed by atoms with Crippen LogP contribution in [0, 0.1) is 0 Å². The van der Waals surface area contributed by atoms with Crippen molar-refractivity contribution in [2.75, 3.05) is 6.61 Å². The van der Waals surface area contributed by atoms with E-state index >= 15 is 0 Å². The van der Waals surface area contributed by atoms with Gasteiger partial charge in [0, 0.05) is 12.0 Å². The number of carbonyl (C=O) groups is 3. The average Bonchev–Trinajstić information content (AvgIpc) is 2.94. The monoisotopic (exact) mass is 544 g/mol. The molecule has 2 aromatic carbocycles. The molecule has 39 heavy (non-hydrogen) atoms. The highest BCUT2D eigenvalue weighted by atomic mass is 16.7. The lowest BCUT2D eigenvalue weighted by molar-refractivity contribution is -0.277. The Morgan fingerprint density at radius 3 is 2.51 bits per heavy atom. The number of phenolic OH excluding ortho intramolecular Hbond substituents is 1. The van der Waals surface area contributed by atoms with E-state index in [4.69, 9.17) is 18.9 Å². The molecule has 0 spiro atoms. The first kappa shape index (κ1) is 28.2. The van der Waals surface area contributed by atoms with E-state index in [1.165, 1.54) is 36.4 Å². The molecule has 2 aliphatic rings. The number of carbonyl (C=O) groups excluding carboxylic acids is 3. The van der Waals surface area contributed by atoms with Crippen molar-refractivity contribution < 1.29 is 58.9 Å². The second-order valence-electron chi connectivity index (χ2n) is 9.06. The molecule has 12 heteroatoms. The summed E-state index contributed by atoms with van der Waals surface area (Å²) in [6.07, 6.45) is -4.86. The number of ether oxygens (including phenoxy) is 4. The lowest BCUT2D eigenvalue weighted by Crippen LogP contribution is -2.61. The van der Waals surface area contributed by atoms with Gasteiger partial charge in [-0.25, -0.2) is 9.59 Å². The summed E-state index contributed by atoms with van der Waals surface area (Å²) in [6.45, 7) is -1.24. The van der Waals surface area contributed by atoms with Crippen molar-refractivity contribution in [2.45, 2.75) is 55.8 Å². The molecule has 1 aliphatic carbocycles. The summed E-state index contributed by atoms with van der Waals surface area (Å²) < 4.78 is 21.7. The van der Waals surface area contributed by atoms with Crippen molar-refractivity contribution in [1.29, 1.82) is 0 Å². The molecule has 1 fully saturated rings. The minimum Gasteiger partial charge on any atom is -0.508 e. The number of hydrogen-bond acceptors (Lipinski definition) is 12. The van der Waals surface area contributed by atoms with Crippen LogP contribution in [0.4, 0.5) is 0 Å². The van der Waals surface area contributed by atoms with Gasteiger partial charge >= 0.3 is 11.9 Å². The van der Waals surface area contributed by atoms with Gasteiger partial charge in [0.25, 0.3) is 0 Å². The molecule has 0 aromatic heterocycles. The fourth-order valence-corrected chi connectivity index (χ4v) is 4.17. The van der Waals surface area contributed by atoms with Gasteiger partial charge in [-0.05, 0) is 42.8 Å². The largest absolute Gasteiger partial charge is 0.508 e. The summed E-state index contributed by atoms with van der Waals surface area (Å²) in [5.41, 5.74) is -2.17. The number of aliphatic hydroxyl groups excluding tert-OH is 3. The summed E-state index contributed by atoms with van der Waals surface area (Å²) >= 11 is 0. The van der Waals surface area contributed by atoms with Crippen LogP contribution in [0.5, 0.6) is 11.5 Å². The Balaban J connectivity index is 1.46. The molecule has 208 valence electrons. The van der Waals surface area contributed by atoms with Gasteiger partial charge < -0.3 is 44.5 Å². The molecular weight excluding hydrogens is 516 g/mol. The second kappa shape index (κ2) is 11.9. The predicted octanol–water partition coefficient (Wildman–Crippen LogP) is 0.129. The van der Waals surface area contributed by atoms with Crippen molar-refractivity contribution in [1.82, 2.24) is 0 Å². The van der Waals surface area contributed by atoms with E-state index in [0.29, 0.717) is 6.42 Å². The van der Waals surface area contributed by atoms with E-state index in [1.54, 1.807) is 18.2 Å². The number of Topliss-reactive ketones (excluding diaryl/α,β-unsaturated/α-hetero) is 1. The quantitative estimate of drug-likeness (QED) is 0.172. The predicted molar refractivity (Wildman–Crippen MR) is 130 cm³/mol. The number of rotatable bonds is 8. The van der Waals surface area contributed by atoms with Gasteiger partial charge in [-0.1, -0.05) is 24.3 Å². The highest BCUT2D eigenvalue weighted by Crippen LogP contribution is 2.31. The van der Waals surface area contributed by atoms with Crippen LogP contribution in [0.3, 0.4) is 0 Å². The Morgan fingerprint density at radius 1 is 1.08 bits per heavy atom. The number of aliphatic hydroxyl groups is 4. The van der Waals surface area contributed by atoms with E-state index in [-0.39, 0.29) is 29.0 Å². The van der Waals surface area contributed by atoms with Crippen LogP contribution in [0.25, 0.3) is 0 Å². The molecule has 12 nitrogen and oxygen atoms in total. The molecule has 1 aliphatic heterocycles. The van der Waals surface area contributed by atoms with Crippen LogP contribution in [-0.2, 0) is 30.4 Å². The second-order valence-corrected chi connectivity index (χ2v) is 9.06. The van der Waals surface area contributed by atoms with Gasteiger partial charge in [-0.15, -0.1) is 0 Å². The fraction of sp³-hybridized carbons (Fsp3) is 0.370. The number of ketones is 1. The zero-order chi connectivity index (χ0) is 28.2. The summed E-state index contributed by atoms with van der Waals surface area (Å²) in [4.78, 5) is 37.0. The van der Waals surface area contributed by atoms with Crippen molar-refractivity contribution >= 4 is 17.7 Å². The lowest BCUT2D eigenvalue weighted by Gasteiger charge is -2.41. The van der Waals surface area contributed by atoms with E-state index < -0.39 is 67.2 Å². The Hall–Kier alpha value is -3.81. The van der Waals surface area contributed by atoms with Crippen LogP contribution in [0.2, 0.25) is 0 Å². The molecule has 0 bridgehead atoms. The number of hydrogen-bond donors (Lipinski definition) is 5. The molecule has 0 saturated carbocycles. The van der Waals surface area contributed by atoms with E-state index in [1.807, 2.05) is 0 Å². The minimum absolute atomic E-state index is 0.0322. The lowest BCUT2D eigenvalue weighted by atomic mass is 9.90.